The van der Waals surface area contributed by atoms with E-state index in [9.17, 15) is 0 Å². The highest BCUT2D eigenvalue weighted by atomic mass is 16.4. The van der Waals surface area contributed by atoms with E-state index in [1.54, 1.807) is 6.92 Å². The van der Waals surface area contributed by atoms with E-state index in [-0.39, 0.29) is 5.54 Å². The quantitative estimate of drug-likeness (QED) is 0.330. The minimum absolute atomic E-state index is 0.200. The van der Waals surface area contributed by atoms with Crippen molar-refractivity contribution in [2.24, 2.45) is 5.16 Å². The normalized spacial score (nSPS) is 14.0. The fourth-order valence-corrected chi connectivity index (χ4v) is 0.306. The van der Waals surface area contributed by atoms with Gasteiger partial charge >= 0.3 is 0 Å². The molecule has 0 spiro atoms. The largest absolute Gasteiger partial charge is 0.411 e. The van der Waals surface area contributed by atoms with Crippen LogP contribution in [0.3, 0.4) is 0 Å². The molecule has 0 fully saturated rings. The second kappa shape index (κ2) is 2.82. The van der Waals surface area contributed by atoms with Crippen LogP contribution in [0.1, 0.15) is 20.8 Å². The molecule has 0 rings (SSSR count). The fourth-order valence-electron chi connectivity index (χ4n) is 0.306. The lowest BCUT2D eigenvalue weighted by Crippen LogP contribution is -2.43. The Labute approximate surface area is 55.8 Å². The van der Waals surface area contributed by atoms with Crippen molar-refractivity contribution in [1.29, 1.82) is 0 Å². The van der Waals surface area contributed by atoms with Crippen molar-refractivity contribution in [1.82, 2.24) is 5.32 Å². The first kappa shape index (κ1) is 8.43. The molecule has 0 aliphatic heterocycles. The third kappa shape index (κ3) is 2.01. The van der Waals surface area contributed by atoms with Gasteiger partial charge in [-0.2, -0.15) is 0 Å². The van der Waals surface area contributed by atoms with E-state index in [1.165, 1.54) is 0 Å². The molecule has 0 aliphatic rings. The number of hydrogen-bond donors (Lipinski definition) is 2. The summed E-state index contributed by atoms with van der Waals surface area (Å²) in [6, 6.07) is 0. The zero-order valence-corrected chi connectivity index (χ0v) is 6.39. The van der Waals surface area contributed by atoms with Gasteiger partial charge in [-0.25, -0.2) is 0 Å². The molecule has 0 aromatic rings. The third-order valence-corrected chi connectivity index (χ3v) is 1.68. The molecule has 0 unspecified atom stereocenters. The van der Waals surface area contributed by atoms with Crippen molar-refractivity contribution in [3.05, 3.63) is 0 Å². The van der Waals surface area contributed by atoms with Gasteiger partial charge < -0.3 is 10.5 Å². The molecule has 3 heteroatoms. The SMILES string of the molecule is CNC(C)(C)/C(C)=N\O. The Morgan fingerprint density at radius 2 is 2.00 bits per heavy atom. The van der Waals surface area contributed by atoms with Crippen LogP contribution in [0.15, 0.2) is 5.16 Å². The van der Waals surface area contributed by atoms with Gasteiger partial charge in [0.25, 0.3) is 0 Å². The van der Waals surface area contributed by atoms with Crippen molar-refractivity contribution < 1.29 is 5.21 Å². The molecule has 2 N–H and O–H groups in total. The van der Waals surface area contributed by atoms with E-state index in [4.69, 9.17) is 5.21 Å². The van der Waals surface area contributed by atoms with Crippen molar-refractivity contribution >= 4 is 5.71 Å². The summed E-state index contributed by atoms with van der Waals surface area (Å²) in [5.41, 5.74) is 0.486. The molecule has 0 aromatic heterocycles. The molecule has 54 valence electrons. The van der Waals surface area contributed by atoms with E-state index in [0.717, 1.165) is 0 Å². The average Bonchev–Trinajstić information content (AvgIpc) is 1.86. The molecular weight excluding hydrogens is 116 g/mol. The number of nitrogens with zero attached hydrogens (tertiary/aromatic N) is 1. The number of nitrogens with one attached hydrogen (secondary N) is 1. The van der Waals surface area contributed by atoms with Gasteiger partial charge in [-0.15, -0.1) is 0 Å². The zero-order chi connectivity index (χ0) is 7.49. The number of hydrogen-bond acceptors (Lipinski definition) is 3. The molecule has 0 aliphatic carbocycles. The first-order chi connectivity index (χ1) is 4.04. The van der Waals surface area contributed by atoms with Crippen molar-refractivity contribution in [2.45, 2.75) is 26.3 Å². The Kier molecular flexibility index (Phi) is 2.65. The zero-order valence-electron chi connectivity index (χ0n) is 6.39. The summed E-state index contributed by atoms with van der Waals surface area (Å²) in [6.45, 7) is 5.67. The van der Waals surface area contributed by atoms with Crippen LogP contribution in [-0.4, -0.2) is 23.5 Å². The fraction of sp³-hybridized carbons (Fsp3) is 0.833. The molecule has 0 atom stereocenters. The third-order valence-electron chi connectivity index (χ3n) is 1.68. The lowest BCUT2D eigenvalue weighted by atomic mass is 10.0. The van der Waals surface area contributed by atoms with Crippen LogP contribution in [0.4, 0.5) is 0 Å². The van der Waals surface area contributed by atoms with Gasteiger partial charge in [0, 0.05) is 0 Å². The minimum Gasteiger partial charge on any atom is -0.411 e. The Morgan fingerprint density at radius 1 is 1.56 bits per heavy atom. The standard InChI is InChI=1S/C6H14N2O/c1-5(8-9)6(2,3)7-4/h7,9H,1-4H3/b8-5-. The second-order valence-electron chi connectivity index (χ2n) is 2.56. The van der Waals surface area contributed by atoms with Crippen LogP contribution < -0.4 is 5.32 Å². The van der Waals surface area contributed by atoms with Gasteiger partial charge in [-0.05, 0) is 27.8 Å². The van der Waals surface area contributed by atoms with Crippen molar-refractivity contribution in [3.8, 4) is 0 Å². The Hall–Kier alpha value is -0.570. The lowest BCUT2D eigenvalue weighted by Gasteiger charge is -2.21. The van der Waals surface area contributed by atoms with Crippen molar-refractivity contribution in [2.75, 3.05) is 7.05 Å². The summed E-state index contributed by atoms with van der Waals surface area (Å²) < 4.78 is 0. The maximum Gasteiger partial charge on any atom is 0.0734 e. The second-order valence-corrected chi connectivity index (χ2v) is 2.56. The first-order valence-electron chi connectivity index (χ1n) is 2.92. The van der Waals surface area contributed by atoms with E-state index < -0.39 is 0 Å². The van der Waals surface area contributed by atoms with Crippen LogP contribution in [0.2, 0.25) is 0 Å². The van der Waals surface area contributed by atoms with Crippen molar-refractivity contribution in [3.63, 3.8) is 0 Å². The summed E-state index contributed by atoms with van der Waals surface area (Å²) in [6.07, 6.45) is 0. The van der Waals surface area contributed by atoms with Gasteiger partial charge in [0.1, 0.15) is 0 Å². The number of rotatable bonds is 2. The van der Waals surface area contributed by atoms with Crippen LogP contribution in [0.25, 0.3) is 0 Å². The summed E-state index contributed by atoms with van der Waals surface area (Å²) in [5, 5.41) is 14.4. The van der Waals surface area contributed by atoms with E-state index in [0.29, 0.717) is 5.71 Å². The van der Waals surface area contributed by atoms with Gasteiger partial charge in [-0.1, -0.05) is 5.16 Å². The smallest absolute Gasteiger partial charge is 0.0734 e. The summed E-state index contributed by atoms with van der Waals surface area (Å²) in [5.74, 6) is 0. The Morgan fingerprint density at radius 3 is 2.11 bits per heavy atom. The monoisotopic (exact) mass is 130 g/mol. The topological polar surface area (TPSA) is 44.6 Å². The predicted molar refractivity (Wildman–Crippen MR) is 38.0 cm³/mol. The molecule has 0 saturated heterocycles. The molecular formula is C6H14N2O. The van der Waals surface area contributed by atoms with E-state index in [2.05, 4.69) is 10.5 Å². The first-order valence-corrected chi connectivity index (χ1v) is 2.92. The van der Waals surface area contributed by atoms with Crippen LogP contribution >= 0.6 is 0 Å². The molecule has 9 heavy (non-hydrogen) atoms. The van der Waals surface area contributed by atoms with Gasteiger partial charge in [-0.3, -0.25) is 0 Å². The molecule has 0 bridgehead atoms. The Balaban J connectivity index is 4.14. The van der Waals surface area contributed by atoms with Crippen LogP contribution in [-0.2, 0) is 0 Å². The van der Waals surface area contributed by atoms with Crippen LogP contribution in [0.5, 0.6) is 0 Å². The predicted octanol–water partition coefficient (Wildman–Crippen LogP) is 0.834. The molecule has 0 aromatic carbocycles. The minimum atomic E-state index is -0.200. The number of oxime groups is 1. The summed E-state index contributed by atoms with van der Waals surface area (Å²) >= 11 is 0. The molecule has 0 saturated carbocycles. The van der Waals surface area contributed by atoms with Gasteiger partial charge in [0.15, 0.2) is 0 Å². The highest BCUT2D eigenvalue weighted by Crippen LogP contribution is 2.02. The van der Waals surface area contributed by atoms with E-state index in [1.807, 2.05) is 20.9 Å². The Bertz CT molecular complexity index is 118. The highest BCUT2D eigenvalue weighted by Gasteiger charge is 2.18. The molecule has 0 heterocycles. The summed E-state index contributed by atoms with van der Waals surface area (Å²) in [4.78, 5) is 0. The van der Waals surface area contributed by atoms with Crippen LogP contribution in [0, 0.1) is 0 Å². The highest BCUT2D eigenvalue weighted by molar-refractivity contribution is 5.90. The molecule has 0 amide bonds. The lowest BCUT2D eigenvalue weighted by molar-refractivity contribution is 0.311. The average molecular weight is 130 g/mol. The van der Waals surface area contributed by atoms with Gasteiger partial charge in [0.2, 0.25) is 0 Å². The maximum atomic E-state index is 8.35. The molecule has 0 radical (unpaired) electrons. The van der Waals surface area contributed by atoms with Gasteiger partial charge in [0.05, 0.1) is 11.3 Å². The maximum absolute atomic E-state index is 8.35. The summed E-state index contributed by atoms with van der Waals surface area (Å²) in [7, 11) is 1.83. The molecule has 3 nitrogen and oxygen atoms in total. The van der Waals surface area contributed by atoms with E-state index >= 15 is 0 Å².